The molecule has 0 unspecified atom stereocenters. The van der Waals surface area contributed by atoms with Gasteiger partial charge in [0.15, 0.2) is 11.6 Å². The monoisotopic (exact) mass is 375 g/mol. The Hall–Kier alpha value is -1.47. The highest BCUT2D eigenvalue weighted by atomic mass is 79.9. The van der Waals surface area contributed by atoms with Crippen LogP contribution in [-0.4, -0.2) is 16.7 Å². The molecule has 0 aromatic heterocycles. The van der Waals surface area contributed by atoms with E-state index in [-0.39, 0.29) is 5.75 Å². The van der Waals surface area contributed by atoms with Crippen LogP contribution >= 0.6 is 15.9 Å². The van der Waals surface area contributed by atoms with Crippen LogP contribution in [0.1, 0.15) is 0 Å². The van der Waals surface area contributed by atoms with Gasteiger partial charge in [0.05, 0.1) is 10.2 Å². The minimum Gasteiger partial charge on any atom is -0.453 e. The molecule has 0 bridgehead atoms. The molecular formula is C14H12BrF2NO2S. The number of nitrogens with zero attached hydrogens (tertiary/aromatic N) is 1. The number of benzene rings is 2. The van der Waals surface area contributed by atoms with Crippen molar-refractivity contribution in [1.29, 1.82) is 0 Å². The molecule has 0 aliphatic rings. The van der Waals surface area contributed by atoms with Gasteiger partial charge in [0, 0.05) is 28.3 Å². The Labute approximate surface area is 130 Å². The molecule has 0 N–H and O–H groups in total. The van der Waals surface area contributed by atoms with Gasteiger partial charge in [-0.25, -0.2) is 13.0 Å². The Balaban J connectivity index is 2.32. The average molecular weight is 376 g/mol. The van der Waals surface area contributed by atoms with E-state index in [1.807, 2.05) is 0 Å². The van der Waals surface area contributed by atoms with Crippen LogP contribution in [0.15, 0.2) is 45.2 Å². The summed E-state index contributed by atoms with van der Waals surface area (Å²) in [4.78, 5) is 0. The molecule has 7 heteroatoms. The lowest BCUT2D eigenvalue weighted by atomic mass is 10.3. The number of halogens is 3. The molecule has 0 atom stereocenters. The van der Waals surface area contributed by atoms with Crippen molar-refractivity contribution in [2.24, 2.45) is 4.36 Å². The predicted molar refractivity (Wildman–Crippen MR) is 82.7 cm³/mol. The molecule has 0 aliphatic heterocycles. The summed E-state index contributed by atoms with van der Waals surface area (Å²) in [6.45, 7) is 0. The molecule has 0 radical (unpaired) electrons. The third-order valence-electron chi connectivity index (χ3n) is 2.35. The lowest BCUT2D eigenvalue weighted by Crippen LogP contribution is -1.91. The van der Waals surface area contributed by atoms with E-state index in [1.54, 1.807) is 18.2 Å². The van der Waals surface area contributed by atoms with Gasteiger partial charge in [-0.1, -0.05) is 0 Å². The van der Waals surface area contributed by atoms with Crippen molar-refractivity contribution >= 4 is 31.3 Å². The minimum absolute atomic E-state index is 0.0865. The minimum atomic E-state index is -2.27. The van der Waals surface area contributed by atoms with E-state index >= 15 is 0 Å². The molecule has 2 aromatic carbocycles. The molecule has 0 saturated carbocycles. The maximum atomic E-state index is 13.5. The third-order valence-corrected chi connectivity index (χ3v) is 3.62. The van der Waals surface area contributed by atoms with Gasteiger partial charge in [-0.05, 0) is 46.3 Å². The van der Waals surface area contributed by atoms with E-state index in [4.69, 9.17) is 4.74 Å². The van der Waals surface area contributed by atoms with Gasteiger partial charge in [-0.2, -0.15) is 4.36 Å². The quantitative estimate of drug-likeness (QED) is 0.766. The highest BCUT2D eigenvalue weighted by molar-refractivity contribution is 9.10. The number of ether oxygens (including phenoxy) is 1. The average Bonchev–Trinajstić information content (AvgIpc) is 2.33. The summed E-state index contributed by atoms with van der Waals surface area (Å²) >= 11 is 3.28. The van der Waals surface area contributed by atoms with Gasteiger partial charge >= 0.3 is 0 Å². The van der Waals surface area contributed by atoms with Crippen LogP contribution in [0, 0.1) is 11.6 Å². The van der Waals surface area contributed by atoms with Crippen LogP contribution in [-0.2, 0) is 9.73 Å². The summed E-state index contributed by atoms with van der Waals surface area (Å²) < 4.78 is 47.9. The number of rotatable bonds is 3. The second-order valence-electron chi connectivity index (χ2n) is 4.56. The van der Waals surface area contributed by atoms with Crippen molar-refractivity contribution in [3.05, 3.63) is 52.5 Å². The fourth-order valence-corrected chi connectivity index (χ4v) is 2.63. The molecule has 0 amide bonds. The standard InChI is InChI=1S/C14H12BrF2NO2S/c1-21(2,19)18-10-4-6-13(11(15)8-10)20-14-5-3-9(16)7-12(14)17/h3-8H,1-2H3. The van der Waals surface area contributed by atoms with E-state index in [0.717, 1.165) is 12.1 Å². The second-order valence-corrected chi connectivity index (χ2v) is 7.96. The van der Waals surface area contributed by atoms with Crippen molar-refractivity contribution in [1.82, 2.24) is 0 Å². The first-order valence-corrected chi connectivity index (χ1v) is 8.97. The molecule has 0 heterocycles. The highest BCUT2D eigenvalue weighted by Crippen LogP contribution is 2.34. The maximum absolute atomic E-state index is 13.5. The van der Waals surface area contributed by atoms with Gasteiger partial charge < -0.3 is 4.74 Å². The largest absolute Gasteiger partial charge is 0.453 e. The van der Waals surface area contributed by atoms with Crippen LogP contribution < -0.4 is 4.74 Å². The van der Waals surface area contributed by atoms with Gasteiger partial charge in [-0.3, -0.25) is 0 Å². The highest BCUT2D eigenvalue weighted by Gasteiger charge is 2.09. The van der Waals surface area contributed by atoms with Crippen LogP contribution in [0.2, 0.25) is 0 Å². The smallest absolute Gasteiger partial charge is 0.168 e. The summed E-state index contributed by atoms with van der Waals surface area (Å²) in [6, 6.07) is 7.85. The van der Waals surface area contributed by atoms with Crippen molar-refractivity contribution in [3.63, 3.8) is 0 Å². The van der Waals surface area contributed by atoms with Crippen molar-refractivity contribution in [3.8, 4) is 11.5 Å². The van der Waals surface area contributed by atoms with Crippen LogP contribution in [0.25, 0.3) is 0 Å². The fourth-order valence-electron chi connectivity index (χ4n) is 1.56. The van der Waals surface area contributed by atoms with Gasteiger partial charge in [-0.15, -0.1) is 0 Å². The molecule has 0 spiro atoms. The zero-order valence-corrected chi connectivity index (χ0v) is 13.7. The van der Waals surface area contributed by atoms with Crippen LogP contribution in [0.4, 0.5) is 14.5 Å². The lowest BCUT2D eigenvalue weighted by molar-refractivity contribution is 0.435. The number of hydrogen-bond acceptors (Lipinski definition) is 3. The van der Waals surface area contributed by atoms with Crippen molar-refractivity contribution in [2.75, 3.05) is 12.5 Å². The second kappa shape index (κ2) is 6.11. The molecule has 3 nitrogen and oxygen atoms in total. The van der Waals surface area contributed by atoms with E-state index < -0.39 is 21.4 Å². The molecule has 0 aliphatic carbocycles. The first-order valence-electron chi connectivity index (χ1n) is 5.84. The van der Waals surface area contributed by atoms with E-state index in [2.05, 4.69) is 20.3 Å². The maximum Gasteiger partial charge on any atom is 0.168 e. The zero-order chi connectivity index (χ0) is 15.6. The zero-order valence-electron chi connectivity index (χ0n) is 11.3. The predicted octanol–water partition coefficient (Wildman–Crippen LogP) is 4.88. The molecule has 0 saturated heterocycles. The normalized spacial score (nSPS) is 11.3. The van der Waals surface area contributed by atoms with Crippen molar-refractivity contribution < 1.29 is 17.7 Å². The Bertz CT molecular complexity index is 794. The van der Waals surface area contributed by atoms with Crippen LogP contribution in [0.5, 0.6) is 11.5 Å². The molecule has 21 heavy (non-hydrogen) atoms. The lowest BCUT2D eigenvalue weighted by Gasteiger charge is -2.09. The van der Waals surface area contributed by atoms with Crippen LogP contribution in [0.3, 0.4) is 0 Å². The first kappa shape index (κ1) is 15.9. The third kappa shape index (κ3) is 4.50. The van der Waals surface area contributed by atoms with E-state index in [9.17, 15) is 13.0 Å². The Morgan fingerprint density at radius 2 is 1.76 bits per heavy atom. The molecular weight excluding hydrogens is 364 g/mol. The first-order chi connectivity index (χ1) is 9.74. The van der Waals surface area contributed by atoms with E-state index in [1.165, 1.54) is 18.6 Å². The van der Waals surface area contributed by atoms with E-state index in [0.29, 0.717) is 15.9 Å². The molecule has 112 valence electrons. The summed E-state index contributed by atoms with van der Waals surface area (Å²) in [5.41, 5.74) is 0.517. The summed E-state index contributed by atoms with van der Waals surface area (Å²) in [7, 11) is -2.27. The SMILES string of the molecule is CS(C)(=O)=Nc1ccc(Oc2ccc(F)cc2F)c(Br)c1. The molecule has 2 aromatic rings. The van der Waals surface area contributed by atoms with Gasteiger partial charge in [0.2, 0.25) is 0 Å². The van der Waals surface area contributed by atoms with Crippen molar-refractivity contribution in [2.45, 2.75) is 0 Å². The molecule has 0 fully saturated rings. The van der Waals surface area contributed by atoms with Gasteiger partial charge in [0.25, 0.3) is 0 Å². The Kier molecular flexibility index (Phi) is 4.63. The molecule has 2 rings (SSSR count). The Morgan fingerprint density at radius 1 is 1.10 bits per heavy atom. The topological polar surface area (TPSA) is 38.7 Å². The summed E-state index contributed by atoms with van der Waals surface area (Å²) in [5.74, 6) is -1.20. The Morgan fingerprint density at radius 3 is 2.33 bits per heavy atom. The fraction of sp³-hybridized carbons (Fsp3) is 0.143. The summed E-state index contributed by atoms with van der Waals surface area (Å²) in [6.07, 6.45) is 3.05. The number of hydrogen-bond donors (Lipinski definition) is 0. The van der Waals surface area contributed by atoms with Gasteiger partial charge in [0.1, 0.15) is 11.6 Å². The summed E-state index contributed by atoms with van der Waals surface area (Å²) in [5, 5.41) is 0.